The summed E-state index contributed by atoms with van der Waals surface area (Å²) >= 11 is 0. The molecule has 0 radical (unpaired) electrons. The van der Waals surface area contributed by atoms with Gasteiger partial charge >= 0.3 is 7.12 Å². The summed E-state index contributed by atoms with van der Waals surface area (Å²) in [6, 6.07) is 28.9. The first-order valence-electron chi connectivity index (χ1n) is 12.1. The van der Waals surface area contributed by atoms with E-state index in [1.807, 2.05) is 88.4 Å². The van der Waals surface area contributed by atoms with Crippen LogP contribution in [0.2, 0.25) is 0 Å². The number of aromatic nitrogens is 2. The number of rotatable bonds is 4. The van der Waals surface area contributed by atoms with Crippen molar-refractivity contribution in [2.75, 3.05) is 0 Å². The molecule has 180 valence electrons. The summed E-state index contributed by atoms with van der Waals surface area (Å²) in [6.07, 6.45) is 0. The van der Waals surface area contributed by atoms with Crippen molar-refractivity contribution in [2.24, 2.45) is 0 Å². The van der Waals surface area contributed by atoms with Crippen LogP contribution in [-0.2, 0) is 9.31 Å². The second kappa shape index (κ2) is 9.30. The highest BCUT2D eigenvalue weighted by atomic mass is 16.7. The quantitative estimate of drug-likeness (QED) is 0.354. The van der Waals surface area contributed by atoms with Crippen LogP contribution in [0.1, 0.15) is 38.8 Å². The van der Waals surface area contributed by atoms with Gasteiger partial charge in [-0.05, 0) is 63.0 Å². The Morgan fingerprint density at radius 1 is 0.649 bits per heavy atom. The van der Waals surface area contributed by atoms with Crippen molar-refractivity contribution in [2.45, 2.75) is 38.9 Å². The molecule has 6 nitrogen and oxygen atoms in total. The fourth-order valence-corrected chi connectivity index (χ4v) is 4.19. The molecule has 0 saturated carbocycles. The van der Waals surface area contributed by atoms with E-state index in [1.165, 1.54) is 0 Å². The molecule has 1 aromatic heterocycles. The maximum atomic E-state index is 9.49. The Morgan fingerprint density at radius 3 is 1.81 bits per heavy atom. The van der Waals surface area contributed by atoms with Gasteiger partial charge in [-0.2, -0.15) is 10.5 Å². The van der Waals surface area contributed by atoms with Crippen molar-refractivity contribution in [1.29, 1.82) is 10.5 Å². The molecule has 4 aromatic rings. The molecule has 0 amide bonds. The number of hydrogen-bond donors (Lipinski definition) is 0. The Labute approximate surface area is 217 Å². The Morgan fingerprint density at radius 2 is 1.22 bits per heavy atom. The average molecular weight is 484 g/mol. The number of nitrogens with zero attached hydrogens (tertiary/aromatic N) is 4. The SMILES string of the molecule is CC1(C)OB(c2cccc(-c3cc(-c4cc(C#N)cc(C#N)c4)nc(-c4ccccc4)n3)c2)OC1(C)C. The third-order valence-corrected chi connectivity index (χ3v) is 6.95. The van der Waals surface area contributed by atoms with Crippen LogP contribution in [0.5, 0.6) is 0 Å². The van der Waals surface area contributed by atoms with Crippen molar-refractivity contribution < 1.29 is 9.31 Å². The minimum atomic E-state index is -0.495. The predicted molar refractivity (Wildman–Crippen MR) is 143 cm³/mol. The molecule has 0 spiro atoms. The van der Waals surface area contributed by atoms with Gasteiger partial charge in [0.1, 0.15) is 0 Å². The van der Waals surface area contributed by atoms with Gasteiger partial charge in [0.25, 0.3) is 0 Å². The monoisotopic (exact) mass is 484 g/mol. The summed E-state index contributed by atoms with van der Waals surface area (Å²) in [5.41, 5.74) is 4.57. The summed E-state index contributed by atoms with van der Waals surface area (Å²) < 4.78 is 12.5. The van der Waals surface area contributed by atoms with Crippen molar-refractivity contribution in [1.82, 2.24) is 9.97 Å². The third kappa shape index (κ3) is 4.75. The van der Waals surface area contributed by atoms with Crippen LogP contribution in [-0.4, -0.2) is 28.3 Å². The highest BCUT2D eigenvalue weighted by molar-refractivity contribution is 6.62. The largest absolute Gasteiger partial charge is 0.494 e. The van der Waals surface area contributed by atoms with E-state index in [-0.39, 0.29) is 0 Å². The summed E-state index contributed by atoms with van der Waals surface area (Å²) in [5.74, 6) is 0.551. The topological polar surface area (TPSA) is 91.8 Å². The minimum Gasteiger partial charge on any atom is -0.399 e. The molecule has 0 aliphatic carbocycles. The molecule has 37 heavy (non-hydrogen) atoms. The first-order valence-corrected chi connectivity index (χ1v) is 12.1. The number of nitriles is 2. The summed E-state index contributed by atoms with van der Waals surface area (Å²) in [6.45, 7) is 8.13. The van der Waals surface area contributed by atoms with Gasteiger partial charge < -0.3 is 9.31 Å². The molecule has 0 bridgehead atoms. The van der Waals surface area contributed by atoms with Crippen molar-refractivity contribution in [3.8, 4) is 46.0 Å². The summed E-state index contributed by atoms with van der Waals surface area (Å²) in [7, 11) is -0.495. The van der Waals surface area contributed by atoms with Gasteiger partial charge in [0.15, 0.2) is 5.82 Å². The fraction of sp³-hybridized carbons (Fsp3) is 0.200. The molecular weight excluding hydrogens is 459 g/mol. The molecule has 0 N–H and O–H groups in total. The van der Waals surface area contributed by atoms with E-state index in [2.05, 4.69) is 12.1 Å². The second-order valence-electron chi connectivity index (χ2n) is 10.1. The van der Waals surface area contributed by atoms with E-state index >= 15 is 0 Å². The van der Waals surface area contributed by atoms with Gasteiger partial charge in [-0.3, -0.25) is 0 Å². The van der Waals surface area contributed by atoms with Gasteiger partial charge in [0, 0.05) is 11.1 Å². The van der Waals surface area contributed by atoms with Gasteiger partial charge in [-0.15, -0.1) is 0 Å². The van der Waals surface area contributed by atoms with Crippen molar-refractivity contribution in [3.63, 3.8) is 0 Å². The maximum Gasteiger partial charge on any atom is 0.494 e. The van der Waals surface area contributed by atoms with Gasteiger partial charge in [-0.25, -0.2) is 9.97 Å². The lowest BCUT2D eigenvalue weighted by molar-refractivity contribution is 0.00578. The molecule has 1 aliphatic heterocycles. The molecule has 7 heteroatoms. The lowest BCUT2D eigenvalue weighted by atomic mass is 9.78. The maximum absolute atomic E-state index is 9.49. The zero-order chi connectivity index (χ0) is 26.2. The van der Waals surface area contributed by atoms with Crippen LogP contribution >= 0.6 is 0 Å². The summed E-state index contributed by atoms with van der Waals surface area (Å²) in [5, 5.41) is 19.0. The molecular formula is C30H25BN4O2. The Bertz CT molecular complexity index is 1520. The highest BCUT2D eigenvalue weighted by Crippen LogP contribution is 2.37. The van der Waals surface area contributed by atoms with Crippen LogP contribution in [0.25, 0.3) is 33.9 Å². The Kier molecular flexibility index (Phi) is 6.13. The second-order valence-corrected chi connectivity index (χ2v) is 10.1. The predicted octanol–water partition coefficient (Wildman–Crippen LogP) is 5.52. The molecule has 5 rings (SSSR count). The lowest BCUT2D eigenvalue weighted by Crippen LogP contribution is -2.41. The third-order valence-electron chi connectivity index (χ3n) is 6.95. The van der Waals surface area contributed by atoms with Gasteiger partial charge in [-0.1, -0.05) is 54.6 Å². The lowest BCUT2D eigenvalue weighted by Gasteiger charge is -2.32. The molecule has 1 fully saturated rings. The zero-order valence-corrected chi connectivity index (χ0v) is 21.2. The Hall–Kier alpha value is -4.30. The Balaban J connectivity index is 1.64. The first-order chi connectivity index (χ1) is 17.7. The van der Waals surface area contributed by atoms with Gasteiger partial charge in [0.05, 0.1) is 45.9 Å². The van der Waals surface area contributed by atoms with Crippen molar-refractivity contribution in [3.05, 3.63) is 90.0 Å². The standard InChI is InChI=1S/C30H25BN4O2/c1-29(2)30(3,4)37-31(36-29)25-12-8-11-23(16-25)26-17-27(24-14-20(18-32)13-21(15-24)19-33)35-28(34-26)22-9-6-5-7-10-22/h5-17H,1-4H3. The van der Waals surface area contributed by atoms with E-state index in [9.17, 15) is 10.5 Å². The molecule has 1 aliphatic rings. The smallest absolute Gasteiger partial charge is 0.399 e. The molecule has 3 aromatic carbocycles. The van der Waals surface area contributed by atoms with Gasteiger partial charge in [0.2, 0.25) is 0 Å². The highest BCUT2D eigenvalue weighted by Gasteiger charge is 2.51. The van der Waals surface area contributed by atoms with E-state index in [4.69, 9.17) is 19.3 Å². The summed E-state index contributed by atoms with van der Waals surface area (Å²) in [4.78, 5) is 9.70. The first kappa shape index (κ1) is 24.4. The van der Waals surface area contributed by atoms with Crippen LogP contribution in [0.3, 0.4) is 0 Å². The fourth-order valence-electron chi connectivity index (χ4n) is 4.19. The van der Waals surface area contributed by atoms with E-state index < -0.39 is 18.3 Å². The van der Waals surface area contributed by atoms with Crippen LogP contribution < -0.4 is 5.46 Å². The van der Waals surface area contributed by atoms with E-state index in [0.717, 1.165) is 16.6 Å². The van der Waals surface area contributed by atoms with Crippen molar-refractivity contribution >= 4 is 12.6 Å². The molecule has 2 heterocycles. The molecule has 0 unspecified atom stereocenters. The van der Waals surface area contributed by atoms with E-state index in [1.54, 1.807) is 18.2 Å². The number of benzene rings is 3. The van der Waals surface area contributed by atoms with Crippen LogP contribution in [0, 0.1) is 22.7 Å². The van der Waals surface area contributed by atoms with Crippen LogP contribution in [0.15, 0.2) is 78.9 Å². The molecule has 0 atom stereocenters. The normalized spacial score (nSPS) is 15.7. The molecule has 1 saturated heterocycles. The van der Waals surface area contributed by atoms with Crippen LogP contribution in [0.4, 0.5) is 0 Å². The minimum absolute atomic E-state index is 0.401. The number of hydrogen-bond acceptors (Lipinski definition) is 6. The zero-order valence-electron chi connectivity index (χ0n) is 21.2. The average Bonchev–Trinajstić information content (AvgIpc) is 3.15. The van der Waals surface area contributed by atoms with E-state index in [0.29, 0.717) is 33.9 Å².